The molecule has 4 heteroatoms. The summed E-state index contributed by atoms with van der Waals surface area (Å²) in [5, 5.41) is 0. The third-order valence-corrected chi connectivity index (χ3v) is 4.06. The van der Waals surface area contributed by atoms with Gasteiger partial charge in [-0.2, -0.15) is 4.57 Å². The number of aryl methyl sites for hydroxylation is 2. The summed E-state index contributed by atoms with van der Waals surface area (Å²) < 4.78 is 4.01. The fraction of sp³-hybridized carbons (Fsp3) is 0.333. The number of hydrogen-bond donors (Lipinski definition) is 0. The Hall–Kier alpha value is -2.36. The van der Waals surface area contributed by atoms with E-state index in [1.807, 2.05) is 66.1 Å². The first kappa shape index (κ1) is 14.6. The number of nitrogens with zero attached hydrogens (tertiary/aromatic N) is 3. The van der Waals surface area contributed by atoms with E-state index in [0.717, 1.165) is 30.0 Å². The van der Waals surface area contributed by atoms with Crippen molar-refractivity contribution in [2.24, 2.45) is 7.05 Å². The van der Waals surface area contributed by atoms with Crippen molar-refractivity contribution < 1.29 is 9.36 Å². The van der Waals surface area contributed by atoms with Gasteiger partial charge in [-0.3, -0.25) is 4.79 Å². The third kappa shape index (κ3) is 3.11. The van der Waals surface area contributed by atoms with E-state index in [0.29, 0.717) is 0 Å². The molecule has 2 aromatic rings. The molecule has 1 saturated heterocycles. The number of carbonyl (C=O) groups is 1. The number of hydrogen-bond acceptors (Lipinski definition) is 2. The molecule has 1 aromatic heterocycles. The van der Waals surface area contributed by atoms with Crippen molar-refractivity contribution in [3.63, 3.8) is 0 Å². The molecule has 0 unspecified atom stereocenters. The van der Waals surface area contributed by atoms with Crippen LogP contribution in [0.25, 0.3) is 5.82 Å². The summed E-state index contributed by atoms with van der Waals surface area (Å²) in [4.78, 5) is 14.9. The summed E-state index contributed by atoms with van der Waals surface area (Å²) in [5.41, 5.74) is 1.90. The minimum absolute atomic E-state index is 0.0539. The number of allylic oxidation sites excluding steroid dienone is 1. The van der Waals surface area contributed by atoms with E-state index in [-0.39, 0.29) is 5.78 Å². The number of likely N-dealkylation sites (tertiary alicyclic amines) is 1. The van der Waals surface area contributed by atoms with Crippen molar-refractivity contribution in [3.05, 3.63) is 60.2 Å². The molecule has 0 radical (unpaired) electrons. The zero-order chi connectivity index (χ0) is 15.5. The highest BCUT2D eigenvalue weighted by Crippen LogP contribution is 2.19. The highest BCUT2D eigenvalue weighted by Gasteiger charge is 2.21. The van der Waals surface area contributed by atoms with Crippen molar-refractivity contribution in [2.75, 3.05) is 13.1 Å². The summed E-state index contributed by atoms with van der Waals surface area (Å²) in [6.45, 7) is 4.05. The van der Waals surface area contributed by atoms with E-state index in [1.54, 1.807) is 6.08 Å². The lowest BCUT2D eigenvalue weighted by Crippen LogP contribution is -2.26. The van der Waals surface area contributed by atoms with E-state index in [1.165, 1.54) is 12.8 Å². The number of aromatic nitrogens is 2. The van der Waals surface area contributed by atoms with Gasteiger partial charge in [-0.05, 0) is 19.8 Å². The van der Waals surface area contributed by atoms with Crippen molar-refractivity contribution in [1.82, 2.24) is 9.47 Å². The highest BCUT2D eigenvalue weighted by molar-refractivity contribution is 6.07. The first-order chi connectivity index (χ1) is 10.6. The van der Waals surface area contributed by atoms with Crippen molar-refractivity contribution in [3.8, 4) is 0 Å². The Morgan fingerprint density at radius 2 is 1.86 bits per heavy atom. The molecule has 114 valence electrons. The lowest BCUT2D eigenvalue weighted by molar-refractivity contribution is -0.670. The van der Waals surface area contributed by atoms with Crippen molar-refractivity contribution >= 4 is 11.6 Å². The average Bonchev–Trinajstić information content (AvgIpc) is 3.17. The highest BCUT2D eigenvalue weighted by atomic mass is 16.1. The van der Waals surface area contributed by atoms with Crippen molar-refractivity contribution in [1.29, 1.82) is 0 Å². The first-order valence-corrected chi connectivity index (χ1v) is 7.75. The molecule has 3 rings (SSSR count). The Morgan fingerprint density at radius 1 is 1.18 bits per heavy atom. The molecule has 2 heterocycles. The van der Waals surface area contributed by atoms with Crippen LogP contribution in [-0.2, 0) is 7.05 Å². The molecule has 0 saturated carbocycles. The van der Waals surface area contributed by atoms with Crippen LogP contribution in [0.1, 0.15) is 28.8 Å². The van der Waals surface area contributed by atoms with Crippen LogP contribution in [0.2, 0.25) is 0 Å². The number of rotatable bonds is 4. The van der Waals surface area contributed by atoms with Gasteiger partial charge >= 0.3 is 0 Å². The Kier molecular flexibility index (Phi) is 4.09. The zero-order valence-corrected chi connectivity index (χ0v) is 13.2. The summed E-state index contributed by atoms with van der Waals surface area (Å²) in [6, 6.07) is 7.75. The molecule has 0 amide bonds. The van der Waals surface area contributed by atoms with Crippen LogP contribution >= 0.6 is 0 Å². The monoisotopic (exact) mass is 296 g/mol. The summed E-state index contributed by atoms with van der Waals surface area (Å²) in [5.74, 6) is 1.02. The van der Waals surface area contributed by atoms with Gasteiger partial charge in [-0.1, -0.05) is 29.8 Å². The first-order valence-electron chi connectivity index (χ1n) is 7.75. The molecular weight excluding hydrogens is 274 g/mol. The molecular formula is C18H22N3O+. The number of imidazole rings is 1. The topological polar surface area (TPSA) is 29.1 Å². The maximum atomic E-state index is 12.6. The Morgan fingerprint density at radius 3 is 2.45 bits per heavy atom. The van der Waals surface area contributed by atoms with Gasteiger partial charge in [0.25, 0.3) is 0 Å². The standard InChI is InChI=1S/C18H22N3O/c1-15-5-7-16(8-6-15)17(22)13-18(20-9-3-4-10-20)21-12-11-19(2)14-21/h5-8,11-14H,3-4,9-10H2,1-2H3/q+1/b18-13-. The second-order valence-corrected chi connectivity index (χ2v) is 5.91. The maximum Gasteiger partial charge on any atom is 0.249 e. The summed E-state index contributed by atoms with van der Waals surface area (Å²) >= 11 is 0. The minimum atomic E-state index is 0.0539. The van der Waals surface area contributed by atoms with E-state index >= 15 is 0 Å². The third-order valence-electron chi connectivity index (χ3n) is 4.06. The molecule has 0 atom stereocenters. The molecule has 0 aliphatic carbocycles. The van der Waals surface area contributed by atoms with E-state index in [2.05, 4.69) is 4.90 Å². The molecule has 22 heavy (non-hydrogen) atoms. The Balaban J connectivity index is 1.93. The normalized spacial score (nSPS) is 15.4. The predicted molar refractivity (Wildman–Crippen MR) is 86.2 cm³/mol. The molecule has 0 spiro atoms. The van der Waals surface area contributed by atoms with Gasteiger partial charge in [-0.25, -0.2) is 4.57 Å². The minimum Gasteiger partial charge on any atom is -0.339 e. The Bertz CT molecular complexity index is 691. The van der Waals surface area contributed by atoms with E-state index < -0.39 is 0 Å². The van der Waals surface area contributed by atoms with Crippen LogP contribution in [0.5, 0.6) is 0 Å². The molecule has 1 aromatic carbocycles. The molecule has 1 aliphatic heterocycles. The van der Waals surface area contributed by atoms with Crippen LogP contribution in [0.3, 0.4) is 0 Å². The lowest BCUT2D eigenvalue weighted by atomic mass is 10.1. The average molecular weight is 296 g/mol. The quantitative estimate of drug-likeness (QED) is 0.492. The summed E-state index contributed by atoms with van der Waals surface area (Å²) in [7, 11) is 1.99. The van der Waals surface area contributed by atoms with Crippen LogP contribution in [0.4, 0.5) is 0 Å². The van der Waals surface area contributed by atoms with Gasteiger partial charge in [0, 0.05) is 18.7 Å². The molecule has 1 fully saturated rings. The SMILES string of the molecule is Cc1ccc(C(=O)/C=C(/N2CCCC2)n2cc[n+](C)c2)cc1. The second kappa shape index (κ2) is 6.18. The fourth-order valence-corrected chi connectivity index (χ4v) is 2.78. The molecule has 0 N–H and O–H groups in total. The number of carbonyl (C=O) groups excluding carboxylic acids is 1. The molecule has 4 nitrogen and oxygen atoms in total. The lowest BCUT2D eigenvalue weighted by Gasteiger charge is -2.17. The fourth-order valence-electron chi connectivity index (χ4n) is 2.78. The summed E-state index contributed by atoms with van der Waals surface area (Å²) in [6.07, 6.45) is 10.1. The molecule has 1 aliphatic rings. The van der Waals surface area contributed by atoms with Crippen molar-refractivity contribution in [2.45, 2.75) is 19.8 Å². The number of ketones is 1. The predicted octanol–water partition coefficient (Wildman–Crippen LogP) is 2.40. The van der Waals surface area contributed by atoms with E-state index in [4.69, 9.17) is 0 Å². The van der Waals surface area contributed by atoms with Gasteiger partial charge in [0.2, 0.25) is 12.1 Å². The Labute approximate surface area is 131 Å². The number of benzene rings is 1. The van der Waals surface area contributed by atoms with Crippen LogP contribution in [0.15, 0.2) is 49.1 Å². The van der Waals surface area contributed by atoms with Crippen LogP contribution < -0.4 is 4.57 Å². The largest absolute Gasteiger partial charge is 0.339 e. The van der Waals surface area contributed by atoms with Crippen LogP contribution in [-0.4, -0.2) is 28.3 Å². The van der Waals surface area contributed by atoms with Gasteiger partial charge in [0.15, 0.2) is 5.78 Å². The smallest absolute Gasteiger partial charge is 0.249 e. The van der Waals surface area contributed by atoms with Gasteiger partial charge in [-0.15, -0.1) is 0 Å². The van der Waals surface area contributed by atoms with Gasteiger partial charge < -0.3 is 4.90 Å². The second-order valence-electron chi connectivity index (χ2n) is 5.91. The van der Waals surface area contributed by atoms with Crippen LogP contribution in [0, 0.1) is 6.92 Å². The van der Waals surface area contributed by atoms with Gasteiger partial charge in [0.1, 0.15) is 12.4 Å². The van der Waals surface area contributed by atoms with Gasteiger partial charge in [0.05, 0.1) is 13.1 Å². The zero-order valence-electron chi connectivity index (χ0n) is 13.2. The molecule has 0 bridgehead atoms. The maximum absolute atomic E-state index is 12.6. The van der Waals surface area contributed by atoms with E-state index in [9.17, 15) is 4.79 Å².